The van der Waals surface area contributed by atoms with Crippen molar-refractivity contribution in [1.29, 1.82) is 0 Å². The molecule has 1 heterocycles. The Labute approximate surface area is 162 Å². The zero-order chi connectivity index (χ0) is 20.1. The zero-order valence-electron chi connectivity index (χ0n) is 17.0. The van der Waals surface area contributed by atoms with Gasteiger partial charge in [-0.15, -0.1) is 0 Å². The Kier molecular flexibility index (Phi) is 5.81. The second-order valence-corrected chi connectivity index (χ2v) is 9.52. The molecule has 3 fully saturated rings. The second kappa shape index (κ2) is 7.39. The van der Waals surface area contributed by atoms with Crippen LogP contribution in [-0.2, 0) is 9.47 Å². The van der Waals surface area contributed by atoms with Crippen molar-refractivity contribution in [3.63, 3.8) is 0 Å². The lowest BCUT2D eigenvalue weighted by Gasteiger charge is -2.46. The Morgan fingerprint density at radius 3 is 2.37 bits per heavy atom. The molecule has 3 aliphatic rings. The molecule has 0 aromatic heterocycles. The minimum absolute atomic E-state index is 0.0575. The number of hydrogen-bond donors (Lipinski definition) is 4. The van der Waals surface area contributed by atoms with Gasteiger partial charge in [-0.3, -0.25) is 0 Å². The summed E-state index contributed by atoms with van der Waals surface area (Å²) in [6.07, 6.45) is -1.15. The average Bonchev–Trinajstić information content (AvgIpc) is 3.07. The van der Waals surface area contributed by atoms with Gasteiger partial charge < -0.3 is 29.9 Å². The molecule has 0 aromatic carbocycles. The second-order valence-electron chi connectivity index (χ2n) is 9.52. The number of ether oxygens (including phenoxy) is 2. The van der Waals surface area contributed by atoms with Gasteiger partial charge in [0.15, 0.2) is 6.29 Å². The van der Waals surface area contributed by atoms with Crippen LogP contribution in [-0.4, -0.2) is 62.8 Å². The minimum atomic E-state index is -1.30. The van der Waals surface area contributed by atoms with E-state index in [0.717, 1.165) is 37.7 Å². The highest BCUT2D eigenvalue weighted by atomic mass is 16.7. The van der Waals surface area contributed by atoms with Crippen LogP contribution in [0.4, 0.5) is 0 Å². The van der Waals surface area contributed by atoms with Gasteiger partial charge in [0.2, 0.25) is 0 Å². The van der Waals surface area contributed by atoms with Crippen molar-refractivity contribution in [2.45, 2.75) is 102 Å². The molecule has 6 heteroatoms. The Hall–Kier alpha value is -0.500. The van der Waals surface area contributed by atoms with Gasteiger partial charge in [-0.1, -0.05) is 13.5 Å². The molecule has 4 N–H and O–H groups in total. The van der Waals surface area contributed by atoms with Gasteiger partial charge in [0.1, 0.15) is 18.3 Å². The molecule has 0 unspecified atom stereocenters. The largest absolute Gasteiger partial charge is 0.389 e. The third-order valence-corrected chi connectivity index (χ3v) is 7.62. The average molecular weight is 385 g/mol. The van der Waals surface area contributed by atoms with Crippen LogP contribution >= 0.6 is 0 Å². The van der Waals surface area contributed by atoms with Gasteiger partial charge >= 0.3 is 0 Å². The van der Waals surface area contributed by atoms with Crippen LogP contribution in [0.1, 0.15) is 59.8 Å². The fourth-order valence-corrected chi connectivity index (χ4v) is 5.42. The summed E-state index contributed by atoms with van der Waals surface area (Å²) < 4.78 is 11.8. The maximum Gasteiger partial charge on any atom is 0.187 e. The summed E-state index contributed by atoms with van der Waals surface area (Å²) in [5.41, 5.74) is 0.317. The maximum absolute atomic E-state index is 10.4. The summed E-state index contributed by atoms with van der Waals surface area (Å²) in [4.78, 5) is 0. The van der Waals surface area contributed by atoms with Crippen molar-refractivity contribution in [2.75, 3.05) is 0 Å². The SMILES string of the molecule is C=C1[C@@H](O)CC[C@H](C)[C@@]12CC[C@@H](C(C)(C)O[C@@H]1O[C@H](C)[C@H](O)[C@H](O)[C@H]1O)C2. The predicted molar refractivity (Wildman–Crippen MR) is 101 cm³/mol. The lowest BCUT2D eigenvalue weighted by molar-refractivity contribution is -0.322. The first-order chi connectivity index (χ1) is 12.5. The zero-order valence-corrected chi connectivity index (χ0v) is 17.0. The van der Waals surface area contributed by atoms with Crippen molar-refractivity contribution in [1.82, 2.24) is 0 Å². The topological polar surface area (TPSA) is 99.4 Å². The standard InChI is InChI=1S/C21H36O6/c1-11-6-7-15(22)12(2)21(11)9-8-14(10-21)20(4,5)27-19-18(25)17(24)16(23)13(3)26-19/h11,13-19,22-25H,2,6-10H2,1,3-5H3/t11-,13+,14+,15-,16-,17-,18+,19-,21-/m0/s1. The van der Waals surface area contributed by atoms with Gasteiger partial charge in [-0.25, -0.2) is 0 Å². The molecular weight excluding hydrogens is 348 g/mol. The Morgan fingerprint density at radius 1 is 1.04 bits per heavy atom. The van der Waals surface area contributed by atoms with Crippen LogP contribution in [0.15, 0.2) is 12.2 Å². The van der Waals surface area contributed by atoms with E-state index >= 15 is 0 Å². The summed E-state index contributed by atoms with van der Waals surface area (Å²) in [5, 5.41) is 40.6. The molecule has 0 aromatic rings. The summed E-state index contributed by atoms with van der Waals surface area (Å²) in [7, 11) is 0. The van der Waals surface area contributed by atoms with Crippen LogP contribution in [0.5, 0.6) is 0 Å². The molecule has 0 radical (unpaired) electrons. The number of aliphatic hydroxyl groups is 4. The van der Waals surface area contributed by atoms with E-state index in [4.69, 9.17) is 9.47 Å². The predicted octanol–water partition coefficient (Wildman–Crippen LogP) is 1.74. The normalized spacial score (nSPS) is 49.0. The number of aliphatic hydroxyl groups excluding tert-OH is 4. The van der Waals surface area contributed by atoms with E-state index in [1.54, 1.807) is 6.92 Å². The summed E-state index contributed by atoms with van der Waals surface area (Å²) in [6.45, 7) is 12.1. The maximum atomic E-state index is 10.4. The lowest BCUT2D eigenvalue weighted by atomic mass is 9.61. The Bertz CT molecular complexity index is 563. The Balaban J connectivity index is 1.72. The third-order valence-electron chi connectivity index (χ3n) is 7.62. The van der Waals surface area contributed by atoms with Crippen molar-refractivity contribution < 1.29 is 29.9 Å². The number of rotatable bonds is 3. The highest BCUT2D eigenvalue weighted by Gasteiger charge is 2.53. The van der Waals surface area contributed by atoms with Crippen LogP contribution in [0.2, 0.25) is 0 Å². The molecular formula is C21H36O6. The van der Waals surface area contributed by atoms with E-state index in [2.05, 4.69) is 13.5 Å². The highest BCUT2D eigenvalue weighted by Crippen LogP contribution is 2.58. The van der Waals surface area contributed by atoms with Gasteiger partial charge in [0.25, 0.3) is 0 Å². The lowest BCUT2D eigenvalue weighted by Crippen LogP contribution is -2.59. The summed E-state index contributed by atoms with van der Waals surface area (Å²) in [5.74, 6) is 0.694. The molecule has 1 spiro atoms. The monoisotopic (exact) mass is 384 g/mol. The molecule has 1 saturated heterocycles. The first-order valence-corrected chi connectivity index (χ1v) is 10.2. The van der Waals surface area contributed by atoms with Crippen LogP contribution < -0.4 is 0 Å². The first-order valence-electron chi connectivity index (χ1n) is 10.2. The van der Waals surface area contributed by atoms with E-state index < -0.39 is 42.4 Å². The van der Waals surface area contributed by atoms with E-state index in [0.29, 0.717) is 5.92 Å². The summed E-state index contributed by atoms with van der Waals surface area (Å²) in [6, 6.07) is 0. The fourth-order valence-electron chi connectivity index (χ4n) is 5.42. The van der Waals surface area contributed by atoms with Crippen molar-refractivity contribution in [3.8, 4) is 0 Å². The summed E-state index contributed by atoms with van der Waals surface area (Å²) >= 11 is 0. The molecule has 156 valence electrons. The quantitative estimate of drug-likeness (QED) is 0.553. The van der Waals surface area contributed by atoms with Gasteiger partial charge in [-0.2, -0.15) is 0 Å². The molecule has 2 aliphatic carbocycles. The first kappa shape index (κ1) is 21.2. The molecule has 2 saturated carbocycles. The molecule has 27 heavy (non-hydrogen) atoms. The van der Waals surface area contributed by atoms with Gasteiger partial charge in [0.05, 0.1) is 17.8 Å². The number of hydrogen-bond acceptors (Lipinski definition) is 6. The van der Waals surface area contributed by atoms with E-state index in [-0.39, 0.29) is 11.3 Å². The van der Waals surface area contributed by atoms with Crippen molar-refractivity contribution in [2.24, 2.45) is 17.3 Å². The fraction of sp³-hybridized carbons (Fsp3) is 0.905. The van der Waals surface area contributed by atoms with Gasteiger partial charge in [-0.05, 0) is 75.7 Å². The highest BCUT2D eigenvalue weighted by molar-refractivity contribution is 5.22. The molecule has 9 atom stereocenters. The molecule has 6 nitrogen and oxygen atoms in total. The van der Waals surface area contributed by atoms with Crippen molar-refractivity contribution >= 4 is 0 Å². The van der Waals surface area contributed by atoms with Crippen LogP contribution in [0.3, 0.4) is 0 Å². The van der Waals surface area contributed by atoms with Crippen LogP contribution in [0, 0.1) is 17.3 Å². The van der Waals surface area contributed by atoms with Gasteiger partial charge in [0, 0.05) is 0 Å². The van der Waals surface area contributed by atoms with E-state index in [1.165, 1.54) is 0 Å². The smallest absolute Gasteiger partial charge is 0.187 e. The molecule has 0 amide bonds. The molecule has 0 bridgehead atoms. The van der Waals surface area contributed by atoms with E-state index in [9.17, 15) is 20.4 Å². The molecule has 3 rings (SSSR count). The van der Waals surface area contributed by atoms with Crippen LogP contribution in [0.25, 0.3) is 0 Å². The Morgan fingerprint density at radius 2 is 1.70 bits per heavy atom. The van der Waals surface area contributed by atoms with Crippen molar-refractivity contribution in [3.05, 3.63) is 12.2 Å². The third kappa shape index (κ3) is 3.61. The van der Waals surface area contributed by atoms with E-state index in [1.807, 2.05) is 13.8 Å². The minimum Gasteiger partial charge on any atom is -0.389 e. The molecule has 1 aliphatic heterocycles.